The molecule has 1 fully saturated rings. The maximum absolute atomic E-state index is 11.3. The molecule has 1 aliphatic heterocycles. The standard InChI is InChI=1S/C14H24N4O2/c1-4-7-18-8-5-11(6-9-18)15-13-12(14(19)20)10(2)16-17(13)3/h11,15H,4-9H2,1-3H3,(H,19,20). The van der Waals surface area contributed by atoms with E-state index < -0.39 is 5.97 Å². The van der Waals surface area contributed by atoms with Crippen molar-refractivity contribution in [2.24, 2.45) is 7.05 Å². The number of carbonyl (C=O) groups is 1. The molecule has 0 unspecified atom stereocenters. The second-order valence-electron chi connectivity index (χ2n) is 5.50. The third kappa shape index (κ3) is 3.12. The highest BCUT2D eigenvalue weighted by Crippen LogP contribution is 2.22. The van der Waals surface area contributed by atoms with Crippen molar-refractivity contribution in [2.75, 3.05) is 25.0 Å². The van der Waals surface area contributed by atoms with Crippen molar-refractivity contribution < 1.29 is 9.90 Å². The molecule has 2 heterocycles. The van der Waals surface area contributed by atoms with Crippen molar-refractivity contribution >= 4 is 11.8 Å². The fourth-order valence-electron chi connectivity index (χ4n) is 2.89. The Morgan fingerprint density at radius 1 is 1.45 bits per heavy atom. The molecule has 1 aliphatic rings. The van der Waals surface area contributed by atoms with Gasteiger partial charge in [0.15, 0.2) is 0 Å². The van der Waals surface area contributed by atoms with Crippen LogP contribution in [0.2, 0.25) is 0 Å². The molecule has 0 bridgehead atoms. The Balaban J connectivity index is 2.03. The topological polar surface area (TPSA) is 70.4 Å². The van der Waals surface area contributed by atoms with E-state index in [1.54, 1.807) is 18.7 Å². The molecule has 6 heteroatoms. The third-order valence-electron chi connectivity index (χ3n) is 3.90. The molecule has 1 saturated heterocycles. The molecule has 0 spiro atoms. The summed E-state index contributed by atoms with van der Waals surface area (Å²) in [6, 6.07) is 0.330. The number of hydrogen-bond acceptors (Lipinski definition) is 4. The summed E-state index contributed by atoms with van der Waals surface area (Å²) in [6.45, 7) is 7.23. The number of rotatable bonds is 5. The predicted octanol–water partition coefficient (Wildman–Crippen LogP) is 1.71. The van der Waals surface area contributed by atoms with Gasteiger partial charge >= 0.3 is 5.97 Å². The Kier molecular flexibility index (Phi) is 4.65. The summed E-state index contributed by atoms with van der Waals surface area (Å²) in [7, 11) is 1.79. The zero-order chi connectivity index (χ0) is 14.7. The fourth-order valence-corrected chi connectivity index (χ4v) is 2.89. The van der Waals surface area contributed by atoms with Crippen LogP contribution in [0.25, 0.3) is 0 Å². The maximum Gasteiger partial charge on any atom is 0.341 e. The van der Waals surface area contributed by atoms with Crippen LogP contribution in [-0.2, 0) is 7.05 Å². The first-order chi connectivity index (χ1) is 9.52. The van der Waals surface area contributed by atoms with Crippen LogP contribution in [0.3, 0.4) is 0 Å². The van der Waals surface area contributed by atoms with Gasteiger partial charge in [-0.2, -0.15) is 5.10 Å². The summed E-state index contributed by atoms with van der Waals surface area (Å²) in [6.07, 6.45) is 3.27. The SMILES string of the molecule is CCCN1CCC(Nc2c(C(=O)O)c(C)nn2C)CC1. The lowest BCUT2D eigenvalue weighted by atomic mass is 10.0. The zero-order valence-corrected chi connectivity index (χ0v) is 12.5. The number of piperidine rings is 1. The highest BCUT2D eigenvalue weighted by atomic mass is 16.4. The van der Waals surface area contributed by atoms with Crippen molar-refractivity contribution in [3.8, 4) is 0 Å². The largest absolute Gasteiger partial charge is 0.477 e. The Labute approximate surface area is 119 Å². The van der Waals surface area contributed by atoms with Crippen LogP contribution in [0.15, 0.2) is 0 Å². The summed E-state index contributed by atoms with van der Waals surface area (Å²) >= 11 is 0. The normalized spacial score (nSPS) is 17.4. The number of hydrogen-bond donors (Lipinski definition) is 2. The van der Waals surface area contributed by atoms with Gasteiger partial charge in [-0.25, -0.2) is 4.79 Å². The fraction of sp³-hybridized carbons (Fsp3) is 0.714. The smallest absolute Gasteiger partial charge is 0.341 e. The number of nitrogens with one attached hydrogen (secondary N) is 1. The number of aryl methyl sites for hydroxylation is 2. The molecule has 2 N–H and O–H groups in total. The molecule has 0 saturated carbocycles. The average molecular weight is 280 g/mol. The van der Waals surface area contributed by atoms with Gasteiger partial charge in [-0.15, -0.1) is 0 Å². The van der Waals surface area contributed by atoms with Crippen LogP contribution in [0.5, 0.6) is 0 Å². The van der Waals surface area contributed by atoms with Crippen LogP contribution < -0.4 is 5.32 Å². The minimum absolute atomic E-state index is 0.295. The highest BCUT2D eigenvalue weighted by Gasteiger charge is 2.24. The van der Waals surface area contributed by atoms with E-state index in [1.165, 1.54) is 6.42 Å². The molecule has 0 atom stereocenters. The molecule has 2 rings (SSSR count). The molecular weight excluding hydrogens is 256 g/mol. The first kappa shape index (κ1) is 14.8. The van der Waals surface area contributed by atoms with Crippen molar-refractivity contribution in [3.63, 3.8) is 0 Å². The second-order valence-corrected chi connectivity index (χ2v) is 5.50. The van der Waals surface area contributed by atoms with E-state index in [1.807, 2.05) is 0 Å². The first-order valence-electron chi connectivity index (χ1n) is 7.28. The average Bonchev–Trinajstić information content (AvgIpc) is 2.67. The van der Waals surface area contributed by atoms with Crippen LogP contribution in [0.1, 0.15) is 42.2 Å². The quantitative estimate of drug-likeness (QED) is 0.859. The van der Waals surface area contributed by atoms with Crippen molar-refractivity contribution in [1.82, 2.24) is 14.7 Å². The van der Waals surface area contributed by atoms with E-state index in [-0.39, 0.29) is 0 Å². The highest BCUT2D eigenvalue weighted by molar-refractivity contribution is 5.94. The molecule has 1 aromatic rings. The van der Waals surface area contributed by atoms with E-state index in [2.05, 4.69) is 22.2 Å². The number of likely N-dealkylation sites (tertiary alicyclic amines) is 1. The van der Waals surface area contributed by atoms with Gasteiger partial charge in [0.2, 0.25) is 0 Å². The summed E-state index contributed by atoms with van der Waals surface area (Å²) in [5, 5.41) is 16.9. The Bertz CT molecular complexity index is 476. The molecule has 6 nitrogen and oxygen atoms in total. The molecule has 20 heavy (non-hydrogen) atoms. The first-order valence-corrected chi connectivity index (χ1v) is 7.28. The van der Waals surface area contributed by atoms with Gasteiger partial charge in [0.05, 0.1) is 5.69 Å². The van der Waals surface area contributed by atoms with Gasteiger partial charge in [-0.3, -0.25) is 4.68 Å². The Morgan fingerprint density at radius 3 is 2.65 bits per heavy atom. The number of anilines is 1. The summed E-state index contributed by atoms with van der Waals surface area (Å²) in [5.41, 5.74) is 0.856. The van der Waals surface area contributed by atoms with Crippen molar-refractivity contribution in [1.29, 1.82) is 0 Å². The number of carboxylic acids is 1. The molecule has 0 radical (unpaired) electrons. The van der Waals surface area contributed by atoms with Gasteiger partial charge in [0.1, 0.15) is 11.4 Å². The van der Waals surface area contributed by atoms with Crippen molar-refractivity contribution in [2.45, 2.75) is 39.2 Å². The summed E-state index contributed by atoms with van der Waals surface area (Å²) in [5.74, 6) is -0.287. The van der Waals surface area contributed by atoms with Gasteiger partial charge < -0.3 is 15.3 Å². The second kappa shape index (κ2) is 6.26. The van der Waals surface area contributed by atoms with E-state index in [9.17, 15) is 9.90 Å². The molecule has 0 amide bonds. The van der Waals surface area contributed by atoms with Gasteiger partial charge in [0, 0.05) is 26.2 Å². The van der Waals surface area contributed by atoms with Crippen LogP contribution in [-0.4, -0.2) is 51.4 Å². The molecule has 0 aliphatic carbocycles. The Hall–Kier alpha value is -1.56. The lowest BCUT2D eigenvalue weighted by molar-refractivity contribution is 0.0697. The van der Waals surface area contributed by atoms with E-state index in [0.717, 1.165) is 32.5 Å². The summed E-state index contributed by atoms with van der Waals surface area (Å²) < 4.78 is 1.64. The van der Waals surface area contributed by atoms with Gasteiger partial charge in [0.25, 0.3) is 0 Å². The lowest BCUT2D eigenvalue weighted by Crippen LogP contribution is -2.39. The molecular formula is C14H24N4O2. The van der Waals surface area contributed by atoms with Crippen LogP contribution >= 0.6 is 0 Å². The van der Waals surface area contributed by atoms with Gasteiger partial charge in [-0.05, 0) is 32.7 Å². The van der Waals surface area contributed by atoms with E-state index >= 15 is 0 Å². The van der Waals surface area contributed by atoms with E-state index in [4.69, 9.17) is 0 Å². The predicted molar refractivity (Wildman–Crippen MR) is 78.3 cm³/mol. The number of aromatic carboxylic acids is 1. The van der Waals surface area contributed by atoms with Gasteiger partial charge in [-0.1, -0.05) is 6.92 Å². The maximum atomic E-state index is 11.3. The number of carboxylic acid groups (broad SMARTS) is 1. The third-order valence-corrected chi connectivity index (χ3v) is 3.90. The van der Waals surface area contributed by atoms with Crippen molar-refractivity contribution in [3.05, 3.63) is 11.3 Å². The van der Waals surface area contributed by atoms with E-state index in [0.29, 0.717) is 23.1 Å². The number of nitrogens with zero attached hydrogens (tertiary/aromatic N) is 3. The monoisotopic (exact) mass is 280 g/mol. The summed E-state index contributed by atoms with van der Waals surface area (Å²) in [4.78, 5) is 13.8. The molecule has 112 valence electrons. The van der Waals surface area contributed by atoms with Crippen LogP contribution in [0.4, 0.5) is 5.82 Å². The van der Waals surface area contributed by atoms with Crippen LogP contribution in [0, 0.1) is 6.92 Å². The molecule has 0 aromatic carbocycles. The molecule has 1 aromatic heterocycles. The minimum atomic E-state index is -0.915. The lowest BCUT2D eigenvalue weighted by Gasteiger charge is -2.32. The Morgan fingerprint density at radius 2 is 2.10 bits per heavy atom. The number of aromatic nitrogens is 2. The minimum Gasteiger partial charge on any atom is -0.477 e. The zero-order valence-electron chi connectivity index (χ0n) is 12.5.